The van der Waals surface area contributed by atoms with Crippen molar-refractivity contribution in [1.29, 1.82) is 0 Å². The molecule has 1 aliphatic rings. The molecule has 1 aliphatic heterocycles. The number of guanidine groups is 1. The van der Waals surface area contributed by atoms with Crippen molar-refractivity contribution in [3.63, 3.8) is 0 Å². The van der Waals surface area contributed by atoms with E-state index in [4.69, 9.17) is 4.42 Å². The molecule has 0 spiro atoms. The largest absolute Gasteiger partial charge is 0.459 e. The first-order valence-electron chi connectivity index (χ1n) is 9.59. The molecular weight excluding hydrogens is 354 g/mol. The number of aromatic nitrogens is 1. The van der Waals surface area contributed by atoms with E-state index in [9.17, 15) is 4.79 Å². The van der Waals surface area contributed by atoms with Crippen molar-refractivity contribution in [3.8, 4) is 0 Å². The zero-order chi connectivity index (χ0) is 19.3. The van der Waals surface area contributed by atoms with Crippen molar-refractivity contribution in [1.82, 2.24) is 20.1 Å². The minimum absolute atomic E-state index is 0.0491. The molecule has 28 heavy (non-hydrogen) atoms. The molecule has 0 aliphatic carbocycles. The maximum absolute atomic E-state index is 12.4. The lowest BCUT2D eigenvalue weighted by atomic mass is 10.1. The normalized spacial score (nSPS) is 15.2. The Labute approximate surface area is 164 Å². The number of carbonyl (C=O) groups is 1. The van der Waals surface area contributed by atoms with Gasteiger partial charge in [-0.3, -0.25) is 9.79 Å². The van der Waals surface area contributed by atoms with Crippen LogP contribution in [-0.4, -0.2) is 66.4 Å². The molecule has 146 valence electrons. The minimum atomic E-state index is -0.0491. The van der Waals surface area contributed by atoms with Crippen LogP contribution in [0.3, 0.4) is 0 Å². The van der Waals surface area contributed by atoms with E-state index in [1.807, 2.05) is 11.0 Å². The molecule has 0 atom stereocenters. The molecule has 2 aromatic heterocycles. The Morgan fingerprint density at radius 2 is 1.93 bits per heavy atom. The molecule has 7 heteroatoms. The maximum Gasteiger partial charge on any atom is 0.289 e. The lowest BCUT2D eigenvalue weighted by molar-refractivity contribution is 0.0658. The fourth-order valence-corrected chi connectivity index (χ4v) is 3.66. The third-order valence-corrected chi connectivity index (χ3v) is 5.16. The van der Waals surface area contributed by atoms with Crippen LogP contribution in [0.5, 0.6) is 0 Å². The second-order valence-corrected chi connectivity index (χ2v) is 6.84. The molecule has 2 N–H and O–H groups in total. The number of carbonyl (C=O) groups excluding carboxylic acids is 1. The van der Waals surface area contributed by atoms with Crippen LogP contribution in [0.2, 0.25) is 0 Å². The Morgan fingerprint density at radius 1 is 1.14 bits per heavy atom. The number of aromatic amines is 1. The van der Waals surface area contributed by atoms with Gasteiger partial charge in [0.15, 0.2) is 11.7 Å². The maximum atomic E-state index is 12.4. The second-order valence-electron chi connectivity index (χ2n) is 6.84. The molecular formula is C21H25N5O2. The predicted molar refractivity (Wildman–Crippen MR) is 110 cm³/mol. The van der Waals surface area contributed by atoms with E-state index in [-0.39, 0.29) is 5.91 Å². The average molecular weight is 379 g/mol. The van der Waals surface area contributed by atoms with Gasteiger partial charge >= 0.3 is 0 Å². The number of rotatable bonds is 4. The van der Waals surface area contributed by atoms with E-state index in [0.717, 1.165) is 32.0 Å². The highest BCUT2D eigenvalue weighted by atomic mass is 16.3. The van der Waals surface area contributed by atoms with Gasteiger partial charge in [0, 0.05) is 56.9 Å². The number of furan rings is 1. The lowest BCUT2D eigenvalue weighted by Gasteiger charge is -2.36. The van der Waals surface area contributed by atoms with Crippen LogP contribution in [0.1, 0.15) is 16.1 Å². The minimum Gasteiger partial charge on any atom is -0.459 e. The highest BCUT2D eigenvalue weighted by Gasteiger charge is 2.25. The molecule has 0 radical (unpaired) electrons. The highest BCUT2D eigenvalue weighted by molar-refractivity contribution is 5.91. The number of para-hydroxylation sites is 1. The summed E-state index contributed by atoms with van der Waals surface area (Å²) in [5.41, 5.74) is 2.46. The van der Waals surface area contributed by atoms with Crippen molar-refractivity contribution in [2.75, 3.05) is 39.8 Å². The molecule has 7 nitrogen and oxygen atoms in total. The van der Waals surface area contributed by atoms with E-state index in [2.05, 4.69) is 44.6 Å². The summed E-state index contributed by atoms with van der Waals surface area (Å²) in [6, 6.07) is 11.8. The summed E-state index contributed by atoms with van der Waals surface area (Å²) < 4.78 is 5.22. The van der Waals surface area contributed by atoms with Crippen LogP contribution < -0.4 is 5.32 Å². The first-order valence-corrected chi connectivity index (χ1v) is 9.59. The molecule has 0 unspecified atom stereocenters. The highest BCUT2D eigenvalue weighted by Crippen LogP contribution is 2.17. The molecule has 1 aromatic carbocycles. The quantitative estimate of drug-likeness (QED) is 0.539. The number of benzene rings is 1. The Hall–Kier alpha value is -3.22. The van der Waals surface area contributed by atoms with Crippen LogP contribution >= 0.6 is 0 Å². The molecule has 4 rings (SSSR count). The number of hydrogen-bond acceptors (Lipinski definition) is 3. The Balaban J connectivity index is 1.29. The van der Waals surface area contributed by atoms with E-state index in [1.54, 1.807) is 19.2 Å². The van der Waals surface area contributed by atoms with Crippen molar-refractivity contribution in [3.05, 3.63) is 60.2 Å². The van der Waals surface area contributed by atoms with Crippen molar-refractivity contribution in [2.24, 2.45) is 4.99 Å². The summed E-state index contributed by atoms with van der Waals surface area (Å²) in [7, 11) is 1.80. The smallest absolute Gasteiger partial charge is 0.289 e. The van der Waals surface area contributed by atoms with Crippen LogP contribution in [0.4, 0.5) is 0 Å². The summed E-state index contributed by atoms with van der Waals surface area (Å²) in [6.07, 6.45) is 4.52. The number of nitrogens with one attached hydrogen (secondary N) is 2. The summed E-state index contributed by atoms with van der Waals surface area (Å²) in [4.78, 5) is 24.1. The number of nitrogens with zero attached hydrogens (tertiary/aromatic N) is 3. The molecule has 1 saturated heterocycles. The Bertz CT molecular complexity index is 952. The molecule has 3 heterocycles. The first kappa shape index (κ1) is 18.2. The fourth-order valence-electron chi connectivity index (χ4n) is 3.66. The van der Waals surface area contributed by atoms with E-state index in [1.165, 1.54) is 22.7 Å². The predicted octanol–water partition coefficient (Wildman–Crippen LogP) is 2.34. The van der Waals surface area contributed by atoms with E-state index < -0.39 is 0 Å². The van der Waals surface area contributed by atoms with Crippen molar-refractivity contribution >= 4 is 22.8 Å². The van der Waals surface area contributed by atoms with Gasteiger partial charge in [0.2, 0.25) is 0 Å². The number of H-pyrrole nitrogens is 1. The van der Waals surface area contributed by atoms with Gasteiger partial charge in [-0.15, -0.1) is 0 Å². The zero-order valence-electron chi connectivity index (χ0n) is 16.0. The Morgan fingerprint density at radius 3 is 2.68 bits per heavy atom. The van der Waals surface area contributed by atoms with Crippen LogP contribution in [0, 0.1) is 0 Å². The number of amides is 1. The molecule has 0 saturated carbocycles. The Kier molecular flexibility index (Phi) is 5.32. The third-order valence-electron chi connectivity index (χ3n) is 5.16. The fraction of sp³-hybridized carbons (Fsp3) is 0.333. The molecule has 0 bridgehead atoms. The average Bonchev–Trinajstić information content (AvgIpc) is 3.41. The summed E-state index contributed by atoms with van der Waals surface area (Å²) in [5.74, 6) is 1.23. The first-order chi connectivity index (χ1) is 13.8. The number of fused-ring (bicyclic) bond motifs is 1. The SMILES string of the molecule is CN=C(NCCc1c[nH]c2ccccc12)N1CCN(C(=O)c2ccco2)CC1. The van der Waals surface area contributed by atoms with Gasteiger partial charge in [0.25, 0.3) is 5.91 Å². The molecule has 1 amide bonds. The summed E-state index contributed by atoms with van der Waals surface area (Å²) >= 11 is 0. The van der Waals surface area contributed by atoms with Gasteiger partial charge in [-0.2, -0.15) is 0 Å². The van der Waals surface area contributed by atoms with Gasteiger partial charge in [0.05, 0.1) is 6.26 Å². The van der Waals surface area contributed by atoms with Crippen LogP contribution in [0.25, 0.3) is 10.9 Å². The van der Waals surface area contributed by atoms with Crippen LogP contribution in [-0.2, 0) is 6.42 Å². The molecule has 1 fully saturated rings. The second kappa shape index (κ2) is 8.21. The van der Waals surface area contributed by atoms with Gasteiger partial charge in [0.1, 0.15) is 0 Å². The summed E-state index contributed by atoms with van der Waals surface area (Å²) in [6.45, 7) is 3.61. The van der Waals surface area contributed by atoms with Gasteiger partial charge in [-0.1, -0.05) is 18.2 Å². The number of hydrogen-bond donors (Lipinski definition) is 2. The zero-order valence-corrected chi connectivity index (χ0v) is 16.0. The molecule has 3 aromatic rings. The van der Waals surface area contributed by atoms with Crippen LogP contribution in [0.15, 0.2) is 58.3 Å². The van der Waals surface area contributed by atoms with Gasteiger partial charge in [-0.05, 0) is 30.2 Å². The topological polar surface area (TPSA) is 76.9 Å². The lowest BCUT2D eigenvalue weighted by Crippen LogP contribution is -2.53. The monoisotopic (exact) mass is 379 g/mol. The van der Waals surface area contributed by atoms with E-state index in [0.29, 0.717) is 18.8 Å². The third kappa shape index (κ3) is 3.74. The number of piperazine rings is 1. The summed E-state index contributed by atoms with van der Waals surface area (Å²) in [5, 5.41) is 4.72. The van der Waals surface area contributed by atoms with Gasteiger partial charge in [-0.25, -0.2) is 0 Å². The van der Waals surface area contributed by atoms with E-state index >= 15 is 0 Å². The standard InChI is InChI=1S/C21H25N5O2/c1-22-21(23-9-8-16-15-24-18-6-3-2-5-17(16)18)26-12-10-25(11-13-26)20(27)19-7-4-14-28-19/h2-7,14-15,24H,8-13H2,1H3,(H,22,23). The van der Waals surface area contributed by atoms with Crippen molar-refractivity contribution in [2.45, 2.75) is 6.42 Å². The van der Waals surface area contributed by atoms with Crippen molar-refractivity contribution < 1.29 is 9.21 Å². The van der Waals surface area contributed by atoms with Gasteiger partial charge < -0.3 is 24.5 Å². The number of aliphatic imine (C=N–C) groups is 1.